The van der Waals surface area contributed by atoms with Crippen LogP contribution >= 0.6 is 0 Å². The average Bonchev–Trinajstić information content (AvgIpc) is 2.33. The standard InChI is InChI=1S/C11H16N2O3/c14-9-2-1-7(5-10(9)15)11(16)8-6-12-3-4-13-8/h1-2,5,8,11-16H,3-4,6H2. The third-order valence-corrected chi connectivity index (χ3v) is 2.79. The van der Waals surface area contributed by atoms with Crippen LogP contribution in [0.2, 0.25) is 0 Å². The second-order valence-electron chi connectivity index (χ2n) is 3.96. The zero-order valence-electron chi connectivity index (χ0n) is 8.85. The van der Waals surface area contributed by atoms with Gasteiger partial charge in [0.2, 0.25) is 0 Å². The van der Waals surface area contributed by atoms with Crippen molar-refractivity contribution in [1.29, 1.82) is 0 Å². The SMILES string of the molecule is Oc1ccc(C(O)C2CNCCN2)cc1O. The van der Waals surface area contributed by atoms with Gasteiger partial charge in [0.05, 0.1) is 6.10 Å². The van der Waals surface area contributed by atoms with Crippen molar-refractivity contribution in [1.82, 2.24) is 10.6 Å². The Hall–Kier alpha value is -1.30. The van der Waals surface area contributed by atoms with Gasteiger partial charge in [0.1, 0.15) is 0 Å². The fourth-order valence-corrected chi connectivity index (χ4v) is 1.86. The number of phenols is 2. The first-order valence-electron chi connectivity index (χ1n) is 5.32. The number of hydrogen-bond donors (Lipinski definition) is 5. The van der Waals surface area contributed by atoms with Crippen LogP contribution < -0.4 is 10.6 Å². The first-order valence-corrected chi connectivity index (χ1v) is 5.32. The first-order chi connectivity index (χ1) is 7.68. The highest BCUT2D eigenvalue weighted by Gasteiger charge is 2.22. The summed E-state index contributed by atoms with van der Waals surface area (Å²) in [6.45, 7) is 2.39. The minimum Gasteiger partial charge on any atom is -0.504 e. The number of aliphatic hydroxyl groups is 1. The molecule has 5 nitrogen and oxygen atoms in total. The molecule has 1 fully saturated rings. The number of aromatic hydroxyl groups is 2. The molecule has 0 radical (unpaired) electrons. The minimum absolute atomic E-state index is 0.0716. The van der Waals surface area contributed by atoms with Gasteiger partial charge in [0.25, 0.3) is 0 Å². The van der Waals surface area contributed by atoms with Gasteiger partial charge in [-0.1, -0.05) is 6.07 Å². The van der Waals surface area contributed by atoms with E-state index in [1.165, 1.54) is 12.1 Å². The third kappa shape index (κ3) is 2.27. The maximum absolute atomic E-state index is 10.1. The van der Waals surface area contributed by atoms with Gasteiger partial charge in [-0.3, -0.25) is 0 Å². The molecule has 5 N–H and O–H groups in total. The highest BCUT2D eigenvalue weighted by atomic mass is 16.3. The lowest BCUT2D eigenvalue weighted by Gasteiger charge is -2.29. The van der Waals surface area contributed by atoms with E-state index in [2.05, 4.69) is 10.6 Å². The lowest BCUT2D eigenvalue weighted by atomic mass is 10.0. The molecule has 88 valence electrons. The number of aliphatic hydroxyl groups excluding tert-OH is 1. The van der Waals surface area contributed by atoms with E-state index < -0.39 is 6.10 Å². The summed E-state index contributed by atoms with van der Waals surface area (Å²) < 4.78 is 0. The Morgan fingerprint density at radius 2 is 2.00 bits per heavy atom. The maximum atomic E-state index is 10.1. The number of piperazine rings is 1. The molecule has 1 aromatic carbocycles. The summed E-state index contributed by atoms with van der Waals surface area (Å²) in [5, 5.41) is 35.0. The van der Waals surface area contributed by atoms with Crippen molar-refractivity contribution < 1.29 is 15.3 Å². The van der Waals surface area contributed by atoms with Crippen molar-refractivity contribution >= 4 is 0 Å². The molecule has 0 spiro atoms. The van der Waals surface area contributed by atoms with E-state index in [1.54, 1.807) is 6.07 Å². The second kappa shape index (κ2) is 4.69. The fourth-order valence-electron chi connectivity index (χ4n) is 1.86. The molecule has 0 saturated carbocycles. The Bertz CT molecular complexity index is 364. The van der Waals surface area contributed by atoms with Gasteiger partial charge in [-0.05, 0) is 17.7 Å². The van der Waals surface area contributed by atoms with E-state index in [0.29, 0.717) is 12.1 Å². The van der Waals surface area contributed by atoms with E-state index in [-0.39, 0.29) is 17.5 Å². The monoisotopic (exact) mass is 224 g/mol. The molecular formula is C11H16N2O3. The zero-order chi connectivity index (χ0) is 11.5. The normalized spacial score (nSPS) is 22.9. The van der Waals surface area contributed by atoms with Crippen LogP contribution in [0.15, 0.2) is 18.2 Å². The highest BCUT2D eigenvalue weighted by molar-refractivity contribution is 5.41. The maximum Gasteiger partial charge on any atom is 0.157 e. The van der Waals surface area contributed by atoms with Gasteiger partial charge in [-0.15, -0.1) is 0 Å². The number of rotatable bonds is 2. The number of phenolic OH excluding ortho intramolecular Hbond substituents is 2. The summed E-state index contributed by atoms with van der Waals surface area (Å²) in [4.78, 5) is 0. The molecule has 5 heteroatoms. The van der Waals surface area contributed by atoms with E-state index >= 15 is 0 Å². The van der Waals surface area contributed by atoms with Crippen LogP contribution in [0, 0.1) is 0 Å². The van der Waals surface area contributed by atoms with Gasteiger partial charge in [-0.2, -0.15) is 0 Å². The Kier molecular flexibility index (Phi) is 3.28. The lowest BCUT2D eigenvalue weighted by molar-refractivity contribution is 0.119. The Balaban J connectivity index is 2.12. The number of benzene rings is 1. The zero-order valence-corrected chi connectivity index (χ0v) is 8.85. The van der Waals surface area contributed by atoms with Crippen LogP contribution in [0.1, 0.15) is 11.7 Å². The molecule has 16 heavy (non-hydrogen) atoms. The molecule has 1 saturated heterocycles. The summed E-state index contributed by atoms with van der Waals surface area (Å²) in [6.07, 6.45) is -0.695. The molecule has 1 aliphatic rings. The van der Waals surface area contributed by atoms with Crippen molar-refractivity contribution in [2.75, 3.05) is 19.6 Å². The van der Waals surface area contributed by atoms with Crippen LogP contribution in [0.25, 0.3) is 0 Å². The van der Waals surface area contributed by atoms with Crippen LogP contribution in [0.4, 0.5) is 0 Å². The summed E-state index contributed by atoms with van der Waals surface area (Å²) in [7, 11) is 0. The molecule has 0 amide bonds. The van der Waals surface area contributed by atoms with Gasteiger partial charge in [0.15, 0.2) is 11.5 Å². The van der Waals surface area contributed by atoms with Gasteiger partial charge in [0, 0.05) is 25.7 Å². The summed E-state index contributed by atoms with van der Waals surface area (Å²) >= 11 is 0. The summed E-state index contributed by atoms with van der Waals surface area (Å²) in [6, 6.07) is 4.30. The first kappa shape index (κ1) is 11.2. The smallest absolute Gasteiger partial charge is 0.157 e. The third-order valence-electron chi connectivity index (χ3n) is 2.79. The molecule has 2 atom stereocenters. The lowest BCUT2D eigenvalue weighted by Crippen LogP contribution is -2.51. The second-order valence-corrected chi connectivity index (χ2v) is 3.96. The molecule has 2 unspecified atom stereocenters. The molecule has 0 aliphatic carbocycles. The van der Waals surface area contributed by atoms with Crippen molar-refractivity contribution in [2.45, 2.75) is 12.1 Å². The molecular weight excluding hydrogens is 208 g/mol. The highest BCUT2D eigenvalue weighted by Crippen LogP contribution is 2.28. The van der Waals surface area contributed by atoms with Crippen molar-refractivity contribution in [3.05, 3.63) is 23.8 Å². The average molecular weight is 224 g/mol. The van der Waals surface area contributed by atoms with E-state index in [4.69, 9.17) is 0 Å². The molecule has 0 aromatic heterocycles. The Labute approximate surface area is 93.7 Å². The van der Waals surface area contributed by atoms with Crippen molar-refractivity contribution in [3.8, 4) is 11.5 Å². The molecule has 2 rings (SSSR count). The van der Waals surface area contributed by atoms with Crippen molar-refractivity contribution in [2.24, 2.45) is 0 Å². The summed E-state index contributed by atoms with van der Waals surface area (Å²) in [5.74, 6) is -0.383. The topological polar surface area (TPSA) is 84.8 Å². The van der Waals surface area contributed by atoms with Crippen LogP contribution in [-0.2, 0) is 0 Å². The van der Waals surface area contributed by atoms with Gasteiger partial charge >= 0.3 is 0 Å². The Morgan fingerprint density at radius 1 is 1.19 bits per heavy atom. The predicted octanol–water partition coefficient (Wildman–Crippen LogP) is -0.307. The van der Waals surface area contributed by atoms with E-state index in [1.807, 2.05) is 0 Å². The molecule has 1 heterocycles. The largest absolute Gasteiger partial charge is 0.504 e. The molecule has 1 aromatic rings. The quantitative estimate of drug-likeness (QED) is 0.445. The Morgan fingerprint density at radius 3 is 2.62 bits per heavy atom. The van der Waals surface area contributed by atoms with Crippen LogP contribution in [0.3, 0.4) is 0 Å². The van der Waals surface area contributed by atoms with Gasteiger partial charge < -0.3 is 26.0 Å². The van der Waals surface area contributed by atoms with E-state index in [0.717, 1.165) is 13.1 Å². The fraction of sp³-hybridized carbons (Fsp3) is 0.455. The molecule has 0 bridgehead atoms. The number of hydrogen-bond acceptors (Lipinski definition) is 5. The number of nitrogens with one attached hydrogen (secondary N) is 2. The van der Waals surface area contributed by atoms with E-state index in [9.17, 15) is 15.3 Å². The van der Waals surface area contributed by atoms with Crippen LogP contribution in [-0.4, -0.2) is 41.0 Å². The molecule has 1 aliphatic heterocycles. The minimum atomic E-state index is -0.695. The van der Waals surface area contributed by atoms with Gasteiger partial charge in [-0.25, -0.2) is 0 Å². The van der Waals surface area contributed by atoms with Crippen LogP contribution in [0.5, 0.6) is 11.5 Å². The van der Waals surface area contributed by atoms with Crippen molar-refractivity contribution in [3.63, 3.8) is 0 Å². The summed E-state index contributed by atoms with van der Waals surface area (Å²) in [5.41, 5.74) is 0.594. The predicted molar refractivity (Wildman–Crippen MR) is 59.4 cm³/mol.